The molecule has 1 aliphatic rings. The van der Waals surface area contributed by atoms with Crippen LogP contribution in [0, 0.1) is 58.8 Å². The average molecular weight is 1900 g/mol. The Bertz CT molecular complexity index is 5040. The maximum Gasteiger partial charge on any atom is 0.0910 e. The third-order valence-corrected chi connectivity index (χ3v) is 16.6. The zero-order valence-corrected chi connectivity index (χ0v) is 83.7. The van der Waals surface area contributed by atoms with Crippen LogP contribution in [-0.4, -0.2) is 95.5 Å². The van der Waals surface area contributed by atoms with Crippen LogP contribution < -0.4 is 81.7 Å². The van der Waals surface area contributed by atoms with Crippen LogP contribution in [0.1, 0.15) is 306 Å². The van der Waals surface area contributed by atoms with Crippen LogP contribution in [0.5, 0.6) is 0 Å². The van der Waals surface area contributed by atoms with E-state index in [0.717, 1.165) is 82.5 Å². The van der Waals surface area contributed by atoms with Gasteiger partial charge in [0.05, 0.1) is 89.0 Å². The Hall–Kier alpha value is -15.5. The van der Waals surface area contributed by atoms with Crippen molar-refractivity contribution in [3.63, 3.8) is 0 Å². The van der Waals surface area contributed by atoms with Crippen LogP contribution in [0.2, 0.25) is 0 Å². The van der Waals surface area contributed by atoms with Gasteiger partial charge in [-0.05, 0) is 213 Å². The highest BCUT2D eigenvalue weighted by Crippen LogP contribution is 2.34. The predicted octanol–water partition coefficient (Wildman–Crippen LogP) is 2.90. The number of carbonyl (C=O) groups excluding carboxylic acids is 16. The molecule has 0 saturated carbocycles. The molecule has 0 bridgehead atoms. The maximum absolute atomic E-state index is 11.1. The van der Waals surface area contributed by atoms with E-state index < -0.39 is 113 Å². The molecule has 0 spiro atoms. The molecule has 137 heavy (non-hydrogen) atoms. The molecule has 0 N–H and O–H groups in total. The summed E-state index contributed by atoms with van der Waals surface area (Å²) >= 11 is 0. The predicted molar refractivity (Wildman–Crippen MR) is 490 cm³/mol. The van der Waals surface area contributed by atoms with Crippen LogP contribution in [0.25, 0.3) is 33.4 Å². The van der Waals surface area contributed by atoms with Gasteiger partial charge in [0, 0.05) is 40.1 Å². The molecule has 9 rings (SSSR count). The van der Waals surface area contributed by atoms with E-state index in [1.54, 1.807) is 90.1 Å². The lowest BCUT2D eigenvalue weighted by Crippen LogP contribution is -2.64. The van der Waals surface area contributed by atoms with Gasteiger partial charge in [0.1, 0.15) is 0 Å². The van der Waals surface area contributed by atoms with Crippen molar-refractivity contribution < 1.29 is 158 Å². The zero-order chi connectivity index (χ0) is 110. The first-order valence-electron chi connectivity index (χ1n) is 43.4. The van der Waals surface area contributed by atoms with Crippen molar-refractivity contribution in [1.29, 1.82) is 0 Å². The number of allylic oxidation sites excluding steroid dienone is 4. The Morgan fingerprint density at radius 1 is 0.255 bits per heavy atom. The van der Waals surface area contributed by atoms with E-state index in [9.17, 15) is 158 Å². The second-order valence-electron chi connectivity index (χ2n) is 26.2. The number of carboxylic acids is 16. The highest BCUT2D eigenvalue weighted by atomic mass is 16.4. The second kappa shape index (κ2) is 77.0. The lowest BCUT2D eigenvalue weighted by atomic mass is 9.77. The summed E-state index contributed by atoms with van der Waals surface area (Å²) in [4.78, 5) is 166. The number of rotatable bonds is 20. The Kier molecular flexibility index (Phi) is 78.3. The first kappa shape index (κ1) is 139. The van der Waals surface area contributed by atoms with Crippen LogP contribution in [0.15, 0.2) is 198 Å². The molecular formula is C105H126O32-16. The fraction of sp³-hybridized carbons (Fsp3) is 0.333. The quantitative estimate of drug-likeness (QED) is 0.0782. The first-order chi connectivity index (χ1) is 64.1. The molecule has 32 nitrogen and oxygen atoms in total. The standard InChI is InChI=1S/C27H20O4.C10H10O4.2C9H8O4.C8H8O2.C7H10O6.C7H8O2.C6H10O2.C4H6O4.9C2H6/c1-17-2-4-18(5-3-17)23-14-24(19-6-10-21(11-7-19)26(28)29)16-25(15-23)20-8-12-22(13-9-20)27(30)31;1-5-3-7(9(11)12)8(10(13)14)4-6(5)2;1-5-2-6(8(10)11)4-7(3-5)9(12)13;1-5-2-3-6(8(10)11)7(4-5)9(12)13;1-6-2-4-7(5-3-6)8(9)10;1-3(2)7(4(8)9,5(10)11)6(12)13;1-5-2-3-6(4-5)7(8)9;1-4(2)5(3)6(7)8;1-2(3(5)6)4(7)8;9*1-2/h2-16H,1H3,(H,28,29)(H,30,31);3-4H,1-2H3,(H,11,12)(H,13,14);2*2-4H,1H3,(H,10,11)(H,12,13);2-5H,1H3,(H,9,10);3H,1-2H3,(H,8,9)(H,10,11)(H,12,13);2-3H,4H2,1H3,(H,8,9);1-3H3,(H,7,8);2H,1H3,(H,5,6)(H,7,8);9*1-2H3/p-16. The number of carbonyl (C=O) groups is 16. The third-order valence-electron chi connectivity index (χ3n) is 16.6. The van der Waals surface area contributed by atoms with E-state index in [-0.39, 0.29) is 50.1 Å². The summed E-state index contributed by atoms with van der Waals surface area (Å²) in [5, 5.41) is 166. The average Bonchev–Trinajstić information content (AvgIpc) is 1.40. The normalized spacial score (nSPS) is 9.53. The maximum atomic E-state index is 11.1. The van der Waals surface area contributed by atoms with E-state index >= 15 is 0 Å². The minimum atomic E-state index is -3.08. The number of benzene rings is 8. The van der Waals surface area contributed by atoms with Gasteiger partial charge in [-0.2, -0.15) is 0 Å². The van der Waals surface area contributed by atoms with Crippen LogP contribution >= 0.6 is 0 Å². The minimum absolute atomic E-state index is 0.122. The van der Waals surface area contributed by atoms with Gasteiger partial charge in [-0.3, -0.25) is 0 Å². The Morgan fingerprint density at radius 2 is 0.511 bits per heavy atom. The molecule has 0 amide bonds. The minimum Gasteiger partial charge on any atom is -0.549 e. The number of aliphatic carboxylic acids is 7. The summed E-state index contributed by atoms with van der Waals surface area (Å²) in [6, 6.07) is 44.1. The summed E-state index contributed by atoms with van der Waals surface area (Å²) in [6.45, 7) is 56.7. The molecule has 0 atom stereocenters. The molecule has 0 aromatic heterocycles. The van der Waals surface area contributed by atoms with Crippen molar-refractivity contribution in [2.75, 3.05) is 0 Å². The van der Waals surface area contributed by atoms with Gasteiger partial charge in [0.2, 0.25) is 0 Å². The van der Waals surface area contributed by atoms with Crippen molar-refractivity contribution in [3.8, 4) is 33.4 Å². The van der Waals surface area contributed by atoms with Crippen molar-refractivity contribution in [3.05, 3.63) is 282 Å². The van der Waals surface area contributed by atoms with Crippen LogP contribution in [-0.2, 0) is 33.6 Å². The lowest BCUT2D eigenvalue weighted by Gasteiger charge is -2.39. The number of aryl methyl sites for hydroxylation is 6. The van der Waals surface area contributed by atoms with Crippen molar-refractivity contribution >= 4 is 95.5 Å². The summed E-state index contributed by atoms with van der Waals surface area (Å²) in [5.41, 5.74) is 8.71. The number of hydrogen-bond donors (Lipinski definition) is 0. The molecule has 32 heteroatoms. The van der Waals surface area contributed by atoms with E-state index in [2.05, 4.69) is 24.3 Å². The van der Waals surface area contributed by atoms with E-state index in [4.69, 9.17) is 0 Å². The van der Waals surface area contributed by atoms with Gasteiger partial charge < -0.3 is 158 Å². The Morgan fingerprint density at radius 3 is 0.701 bits per heavy atom. The van der Waals surface area contributed by atoms with Crippen LogP contribution in [0.4, 0.5) is 0 Å². The highest BCUT2D eigenvalue weighted by molar-refractivity contribution is 6.14. The fourth-order valence-corrected chi connectivity index (χ4v) is 9.40. The summed E-state index contributed by atoms with van der Waals surface area (Å²) in [7, 11) is 0. The number of carboxylic acid groups (broad SMARTS) is 16. The van der Waals surface area contributed by atoms with Gasteiger partial charge in [0.25, 0.3) is 0 Å². The van der Waals surface area contributed by atoms with Gasteiger partial charge in [-0.1, -0.05) is 307 Å². The molecule has 8 aromatic carbocycles. The van der Waals surface area contributed by atoms with E-state index in [1.165, 1.54) is 85.8 Å². The summed E-state index contributed by atoms with van der Waals surface area (Å²) < 4.78 is 0. The van der Waals surface area contributed by atoms with Gasteiger partial charge in [-0.25, -0.2) is 0 Å². The number of aromatic carboxylic acids is 9. The van der Waals surface area contributed by atoms with E-state index in [1.807, 2.05) is 164 Å². The Labute approximate surface area is 803 Å². The summed E-state index contributed by atoms with van der Waals surface area (Å²) in [5.74, 6) is -27.2. The fourth-order valence-electron chi connectivity index (χ4n) is 9.40. The molecule has 0 fully saturated rings. The third kappa shape index (κ3) is 53.1. The van der Waals surface area contributed by atoms with Crippen molar-refractivity contribution in [2.24, 2.45) is 17.3 Å². The van der Waals surface area contributed by atoms with Gasteiger partial charge >= 0.3 is 0 Å². The molecule has 0 aliphatic heterocycles. The molecule has 0 heterocycles. The largest absolute Gasteiger partial charge is 0.549 e. The second-order valence-corrected chi connectivity index (χ2v) is 26.2. The summed E-state index contributed by atoms with van der Waals surface area (Å²) in [6.07, 6.45) is 3.93. The monoisotopic (exact) mass is 1900 g/mol. The molecular weight excluding hydrogens is 1770 g/mol. The Balaban J connectivity index is -0.000000195. The van der Waals surface area contributed by atoms with E-state index in [0.29, 0.717) is 39.8 Å². The van der Waals surface area contributed by atoms with Gasteiger partial charge in [0.15, 0.2) is 0 Å². The molecule has 0 saturated heterocycles. The first-order valence-corrected chi connectivity index (χ1v) is 43.4. The molecule has 8 aromatic rings. The zero-order valence-electron chi connectivity index (χ0n) is 83.7. The molecule has 0 unspecified atom stereocenters. The van der Waals surface area contributed by atoms with Crippen molar-refractivity contribution in [2.45, 2.75) is 221 Å². The lowest BCUT2D eigenvalue weighted by molar-refractivity contribution is -0.364. The number of hydrogen-bond acceptors (Lipinski definition) is 32. The molecule has 754 valence electrons. The molecule has 1 aliphatic carbocycles. The van der Waals surface area contributed by atoms with Crippen LogP contribution in [0.3, 0.4) is 0 Å². The van der Waals surface area contributed by atoms with Gasteiger partial charge in [-0.15, -0.1) is 0 Å². The smallest absolute Gasteiger partial charge is 0.0910 e. The topological polar surface area (TPSA) is 642 Å². The SMILES string of the molecule is CC.CC.CC.CC.CC.CC.CC.CC.CC.CC(C(=O)[O-])C(=O)[O-].CC(C)=C(C)C(=O)[O-].CC(C)C(C(=O)[O-])(C(=O)[O-])C(=O)[O-].CC1=CC=C(C(=O)[O-])C1.Cc1cc(C(=O)[O-])c(C(=O)[O-])cc1C.Cc1cc(C(=O)[O-])cc(C(=O)[O-])c1.Cc1ccc(-c2cc(-c3ccc(C(=O)[O-])cc3)cc(-c3ccc(C(=O)[O-])cc3)c2)cc1.Cc1ccc(C(=O)[O-])c(C(=O)[O-])c1.Cc1ccc(C(=O)[O-])cc1. The molecule has 0 radical (unpaired) electrons. The highest BCUT2D eigenvalue weighted by Gasteiger charge is 2.39. The van der Waals surface area contributed by atoms with Crippen molar-refractivity contribution in [1.82, 2.24) is 0 Å².